The van der Waals surface area contributed by atoms with Gasteiger partial charge >= 0.3 is 0 Å². The van der Waals surface area contributed by atoms with Crippen molar-refractivity contribution in [1.82, 2.24) is 9.88 Å². The van der Waals surface area contributed by atoms with Crippen LogP contribution in [0.15, 0.2) is 41.2 Å². The van der Waals surface area contributed by atoms with Crippen molar-refractivity contribution in [2.24, 2.45) is 0 Å². The molecular formula is C20H20N2O3. The molecule has 1 amide bonds. The second-order valence-corrected chi connectivity index (χ2v) is 7.21. The van der Waals surface area contributed by atoms with Gasteiger partial charge in [-0.2, -0.15) is 0 Å². The Balaban J connectivity index is 1.40. The summed E-state index contributed by atoms with van der Waals surface area (Å²) in [4.78, 5) is 19.1. The van der Waals surface area contributed by atoms with Crippen LogP contribution in [-0.2, 0) is 0 Å². The molecule has 5 heteroatoms. The topological polar surface area (TPSA) is 55.6 Å². The number of para-hydroxylation sites is 1. The molecule has 0 radical (unpaired) electrons. The summed E-state index contributed by atoms with van der Waals surface area (Å²) in [5.74, 6) is 1.98. The third-order valence-corrected chi connectivity index (χ3v) is 5.32. The molecule has 128 valence electrons. The van der Waals surface area contributed by atoms with Crippen molar-refractivity contribution < 1.29 is 13.9 Å². The molecule has 3 aliphatic rings. The highest BCUT2D eigenvalue weighted by Gasteiger charge is 2.41. The van der Waals surface area contributed by atoms with Crippen LogP contribution in [0.1, 0.15) is 53.4 Å². The third kappa shape index (κ3) is 2.54. The van der Waals surface area contributed by atoms with E-state index >= 15 is 0 Å². The van der Waals surface area contributed by atoms with Gasteiger partial charge in [0.1, 0.15) is 17.1 Å². The van der Waals surface area contributed by atoms with Crippen molar-refractivity contribution in [3.63, 3.8) is 0 Å². The molecule has 25 heavy (non-hydrogen) atoms. The number of carbonyl (C=O) groups is 1. The lowest BCUT2D eigenvalue weighted by atomic mass is 9.89. The zero-order valence-electron chi connectivity index (χ0n) is 14.0. The van der Waals surface area contributed by atoms with Gasteiger partial charge in [0.2, 0.25) is 0 Å². The van der Waals surface area contributed by atoms with Crippen LogP contribution in [0.5, 0.6) is 5.75 Å². The molecule has 1 aliphatic carbocycles. The highest BCUT2D eigenvalue weighted by atomic mass is 16.5. The van der Waals surface area contributed by atoms with Gasteiger partial charge in [0.05, 0.1) is 6.54 Å². The predicted octanol–water partition coefficient (Wildman–Crippen LogP) is 3.63. The Morgan fingerprint density at radius 3 is 3.04 bits per heavy atom. The number of carbonyl (C=O) groups excluding carboxylic acids is 1. The number of likely N-dealkylation sites (tertiary alicyclic amines) is 1. The van der Waals surface area contributed by atoms with E-state index in [1.807, 2.05) is 29.2 Å². The molecule has 1 spiro atoms. The minimum Gasteiger partial charge on any atom is -0.481 e. The Kier molecular flexibility index (Phi) is 3.23. The SMILES string of the molecule is O=C(c1ncoc1C1CC1)N1CCCC2(C=Cc3ccccc3O2)C1. The molecule has 0 bridgehead atoms. The Morgan fingerprint density at radius 1 is 1.28 bits per heavy atom. The Hall–Kier alpha value is -2.56. The van der Waals surface area contributed by atoms with Crippen LogP contribution in [0.4, 0.5) is 0 Å². The van der Waals surface area contributed by atoms with Crippen molar-refractivity contribution in [1.29, 1.82) is 0 Å². The maximum Gasteiger partial charge on any atom is 0.276 e. The monoisotopic (exact) mass is 336 g/mol. The molecule has 1 atom stereocenters. The minimum atomic E-state index is -0.439. The summed E-state index contributed by atoms with van der Waals surface area (Å²) in [6.07, 6.45) is 9.61. The molecule has 2 aromatic rings. The first-order chi connectivity index (χ1) is 12.2. The van der Waals surface area contributed by atoms with Gasteiger partial charge in [0.25, 0.3) is 5.91 Å². The van der Waals surface area contributed by atoms with E-state index in [9.17, 15) is 4.79 Å². The summed E-state index contributed by atoms with van der Waals surface area (Å²) in [5.41, 5.74) is 1.13. The van der Waals surface area contributed by atoms with E-state index in [1.165, 1.54) is 6.39 Å². The van der Waals surface area contributed by atoms with Gasteiger partial charge in [-0.05, 0) is 37.8 Å². The van der Waals surface area contributed by atoms with E-state index in [0.29, 0.717) is 18.2 Å². The van der Waals surface area contributed by atoms with E-state index in [2.05, 4.69) is 17.1 Å². The van der Waals surface area contributed by atoms with E-state index in [0.717, 1.165) is 49.3 Å². The third-order valence-electron chi connectivity index (χ3n) is 5.32. The van der Waals surface area contributed by atoms with Gasteiger partial charge in [-0.15, -0.1) is 0 Å². The fourth-order valence-corrected chi connectivity index (χ4v) is 3.85. The molecule has 1 saturated carbocycles. The number of nitrogens with zero attached hydrogens (tertiary/aromatic N) is 2. The standard InChI is InChI=1S/C20H20N2O3/c23-19(17-18(15-6-7-15)24-13-21-17)22-11-3-9-20(12-22)10-8-14-4-1-2-5-16(14)25-20/h1-2,4-5,8,10,13,15H,3,6-7,9,11-12H2. The van der Waals surface area contributed by atoms with Gasteiger partial charge in [0.15, 0.2) is 12.1 Å². The second kappa shape index (κ2) is 5.48. The Morgan fingerprint density at radius 2 is 2.16 bits per heavy atom. The molecule has 1 aromatic heterocycles. The van der Waals surface area contributed by atoms with Crippen molar-refractivity contribution in [2.75, 3.05) is 13.1 Å². The summed E-state index contributed by atoms with van der Waals surface area (Å²) in [6, 6.07) is 8.02. The molecule has 1 aromatic carbocycles. The maximum absolute atomic E-state index is 13.0. The summed E-state index contributed by atoms with van der Waals surface area (Å²) in [5, 5.41) is 0. The largest absolute Gasteiger partial charge is 0.481 e. The van der Waals surface area contributed by atoms with Crippen molar-refractivity contribution in [3.8, 4) is 5.75 Å². The number of benzene rings is 1. The number of piperidine rings is 1. The van der Waals surface area contributed by atoms with Gasteiger partial charge in [0, 0.05) is 18.0 Å². The van der Waals surface area contributed by atoms with Crippen LogP contribution < -0.4 is 4.74 Å². The average Bonchev–Trinajstić information content (AvgIpc) is 3.38. The normalized spacial score (nSPS) is 24.9. The summed E-state index contributed by atoms with van der Waals surface area (Å²) < 4.78 is 11.8. The number of amides is 1. The Bertz CT molecular complexity index is 852. The number of hydrogen-bond acceptors (Lipinski definition) is 4. The smallest absolute Gasteiger partial charge is 0.276 e. The van der Waals surface area contributed by atoms with Crippen LogP contribution in [0.2, 0.25) is 0 Å². The number of ether oxygens (including phenoxy) is 1. The zero-order chi connectivity index (χ0) is 16.9. The first-order valence-electron chi connectivity index (χ1n) is 8.94. The maximum atomic E-state index is 13.0. The molecule has 1 saturated heterocycles. The fraction of sp³-hybridized carbons (Fsp3) is 0.400. The highest BCUT2D eigenvalue weighted by molar-refractivity contribution is 5.93. The highest BCUT2D eigenvalue weighted by Crippen LogP contribution is 2.42. The lowest BCUT2D eigenvalue weighted by Gasteiger charge is -2.42. The van der Waals surface area contributed by atoms with E-state index in [-0.39, 0.29) is 5.91 Å². The van der Waals surface area contributed by atoms with Crippen molar-refractivity contribution in [3.05, 3.63) is 53.8 Å². The van der Waals surface area contributed by atoms with Crippen LogP contribution in [0.25, 0.3) is 6.08 Å². The molecule has 5 rings (SSSR count). The number of rotatable bonds is 2. The molecule has 3 heterocycles. The minimum absolute atomic E-state index is 0.0365. The fourth-order valence-electron chi connectivity index (χ4n) is 3.85. The van der Waals surface area contributed by atoms with E-state index < -0.39 is 5.60 Å². The molecule has 2 fully saturated rings. The summed E-state index contributed by atoms with van der Waals surface area (Å²) in [6.45, 7) is 1.28. The first kappa shape index (κ1) is 14.8. The van der Waals surface area contributed by atoms with Crippen LogP contribution in [-0.4, -0.2) is 34.5 Å². The molecule has 5 nitrogen and oxygen atoms in total. The average molecular weight is 336 g/mol. The number of fused-ring (bicyclic) bond motifs is 1. The quantitative estimate of drug-likeness (QED) is 0.840. The zero-order valence-corrected chi connectivity index (χ0v) is 14.0. The number of aromatic nitrogens is 1. The summed E-state index contributed by atoms with van der Waals surface area (Å²) in [7, 11) is 0. The second-order valence-electron chi connectivity index (χ2n) is 7.21. The van der Waals surface area contributed by atoms with Gasteiger partial charge in [-0.1, -0.05) is 24.3 Å². The van der Waals surface area contributed by atoms with Crippen molar-refractivity contribution >= 4 is 12.0 Å². The molecular weight excluding hydrogens is 316 g/mol. The van der Waals surface area contributed by atoms with Crippen LogP contribution >= 0.6 is 0 Å². The van der Waals surface area contributed by atoms with E-state index in [4.69, 9.17) is 9.15 Å². The van der Waals surface area contributed by atoms with Gasteiger partial charge in [-0.25, -0.2) is 4.98 Å². The lowest BCUT2D eigenvalue weighted by molar-refractivity contribution is 0.0231. The summed E-state index contributed by atoms with van der Waals surface area (Å²) >= 11 is 0. The Labute approximate surface area is 146 Å². The van der Waals surface area contributed by atoms with E-state index in [1.54, 1.807) is 0 Å². The van der Waals surface area contributed by atoms with Crippen LogP contribution in [0, 0.1) is 0 Å². The molecule has 2 aliphatic heterocycles. The predicted molar refractivity (Wildman–Crippen MR) is 92.5 cm³/mol. The lowest BCUT2D eigenvalue weighted by Crippen LogP contribution is -2.53. The van der Waals surface area contributed by atoms with Crippen LogP contribution in [0.3, 0.4) is 0 Å². The molecule has 0 N–H and O–H groups in total. The number of hydrogen-bond donors (Lipinski definition) is 0. The van der Waals surface area contributed by atoms with Crippen molar-refractivity contribution in [2.45, 2.75) is 37.2 Å². The van der Waals surface area contributed by atoms with Gasteiger partial charge in [-0.3, -0.25) is 4.79 Å². The number of oxazole rings is 1. The molecule has 1 unspecified atom stereocenters. The van der Waals surface area contributed by atoms with Gasteiger partial charge < -0.3 is 14.1 Å². The first-order valence-corrected chi connectivity index (χ1v) is 8.94.